The third kappa shape index (κ3) is 5.42. The van der Waals surface area contributed by atoms with Gasteiger partial charge in [0.15, 0.2) is 11.0 Å². The predicted octanol–water partition coefficient (Wildman–Crippen LogP) is 4.20. The van der Waals surface area contributed by atoms with E-state index in [2.05, 4.69) is 14.9 Å². The van der Waals surface area contributed by atoms with Gasteiger partial charge in [0.05, 0.1) is 11.4 Å². The fourth-order valence-corrected chi connectivity index (χ4v) is 5.09. The van der Waals surface area contributed by atoms with Gasteiger partial charge in [0.25, 0.3) is 0 Å². The van der Waals surface area contributed by atoms with Gasteiger partial charge in [-0.1, -0.05) is 60.3 Å². The number of rotatable bonds is 9. The lowest BCUT2D eigenvalue weighted by molar-refractivity contribution is 0.584. The van der Waals surface area contributed by atoms with Crippen LogP contribution in [0.3, 0.4) is 0 Å². The Morgan fingerprint density at radius 1 is 0.875 bits per heavy atom. The topological polar surface area (TPSA) is 76.9 Å². The third-order valence-corrected chi connectivity index (χ3v) is 7.13. The van der Waals surface area contributed by atoms with Crippen molar-refractivity contribution in [1.82, 2.24) is 19.5 Å². The van der Waals surface area contributed by atoms with E-state index in [0.29, 0.717) is 23.3 Å². The maximum absolute atomic E-state index is 13.4. The average molecular weight is 469 g/mol. The highest BCUT2D eigenvalue weighted by Crippen LogP contribution is 2.25. The highest BCUT2D eigenvalue weighted by Gasteiger charge is 2.16. The molecule has 3 aromatic carbocycles. The summed E-state index contributed by atoms with van der Waals surface area (Å²) in [6.45, 7) is 0.782. The standard InChI is InChI=1S/C23H21FN4O2S2/c24-20-13-11-19(12-14-20)22-26-27-23(28(22)17-18-7-3-1-4-8-18)31-16-15-25-32(29,30)21-9-5-2-6-10-21/h1-14,25H,15-17H2. The first-order chi connectivity index (χ1) is 15.5. The van der Waals surface area contributed by atoms with Crippen LogP contribution in [0, 0.1) is 5.82 Å². The van der Waals surface area contributed by atoms with Gasteiger partial charge in [0.2, 0.25) is 10.0 Å². The van der Waals surface area contributed by atoms with Crippen LogP contribution in [-0.2, 0) is 16.6 Å². The molecule has 0 saturated carbocycles. The molecule has 1 aromatic heterocycles. The molecule has 164 valence electrons. The molecule has 6 nitrogen and oxygen atoms in total. The van der Waals surface area contributed by atoms with E-state index in [4.69, 9.17) is 0 Å². The van der Waals surface area contributed by atoms with Crippen molar-refractivity contribution in [2.45, 2.75) is 16.6 Å². The Morgan fingerprint density at radius 2 is 1.53 bits per heavy atom. The average Bonchev–Trinajstić information content (AvgIpc) is 3.21. The lowest BCUT2D eigenvalue weighted by atomic mass is 10.2. The molecule has 0 unspecified atom stereocenters. The van der Waals surface area contributed by atoms with E-state index in [-0.39, 0.29) is 17.3 Å². The second-order valence-electron chi connectivity index (χ2n) is 6.94. The molecule has 1 heterocycles. The third-order valence-electron chi connectivity index (χ3n) is 4.68. The van der Waals surface area contributed by atoms with Gasteiger partial charge < -0.3 is 0 Å². The van der Waals surface area contributed by atoms with Crippen LogP contribution in [0.5, 0.6) is 0 Å². The maximum Gasteiger partial charge on any atom is 0.240 e. The SMILES string of the molecule is O=S(=O)(NCCSc1nnc(-c2ccc(F)cc2)n1Cc1ccccc1)c1ccccc1. The van der Waals surface area contributed by atoms with Gasteiger partial charge in [-0.05, 0) is 42.0 Å². The fourth-order valence-electron chi connectivity index (χ4n) is 3.12. The van der Waals surface area contributed by atoms with Crippen molar-refractivity contribution in [2.75, 3.05) is 12.3 Å². The summed E-state index contributed by atoms with van der Waals surface area (Å²) in [5.41, 5.74) is 1.83. The summed E-state index contributed by atoms with van der Waals surface area (Å²) in [5.74, 6) is 0.784. The number of sulfonamides is 1. The lowest BCUT2D eigenvalue weighted by Crippen LogP contribution is -2.26. The van der Waals surface area contributed by atoms with E-state index in [0.717, 1.165) is 11.1 Å². The molecule has 4 rings (SSSR count). The molecule has 1 N–H and O–H groups in total. The maximum atomic E-state index is 13.4. The smallest absolute Gasteiger partial charge is 0.240 e. The first-order valence-corrected chi connectivity index (χ1v) is 12.4. The number of hydrogen-bond donors (Lipinski definition) is 1. The van der Waals surface area contributed by atoms with Crippen molar-refractivity contribution in [2.24, 2.45) is 0 Å². The number of thioether (sulfide) groups is 1. The molecular formula is C23H21FN4O2S2. The van der Waals surface area contributed by atoms with Gasteiger partial charge in [0, 0.05) is 17.9 Å². The van der Waals surface area contributed by atoms with E-state index in [1.807, 2.05) is 34.9 Å². The molecule has 0 amide bonds. The van der Waals surface area contributed by atoms with Gasteiger partial charge in [0.1, 0.15) is 5.82 Å². The summed E-state index contributed by atoms with van der Waals surface area (Å²) in [6.07, 6.45) is 0. The number of benzene rings is 3. The molecule has 9 heteroatoms. The minimum Gasteiger partial charge on any atom is -0.298 e. The number of hydrogen-bond acceptors (Lipinski definition) is 5. The monoisotopic (exact) mass is 468 g/mol. The molecule has 0 saturated heterocycles. The van der Waals surface area contributed by atoms with Gasteiger partial charge in [-0.25, -0.2) is 17.5 Å². The highest BCUT2D eigenvalue weighted by atomic mass is 32.2. The Hall–Kier alpha value is -3.01. The Kier molecular flexibility index (Phi) is 6.99. The van der Waals surface area contributed by atoms with Gasteiger partial charge >= 0.3 is 0 Å². The molecule has 0 aliphatic rings. The molecule has 0 aliphatic carbocycles. The Labute approximate surface area is 190 Å². The van der Waals surface area contributed by atoms with Gasteiger partial charge in [-0.2, -0.15) is 0 Å². The molecule has 0 bridgehead atoms. The van der Waals surface area contributed by atoms with Crippen molar-refractivity contribution in [1.29, 1.82) is 0 Å². The summed E-state index contributed by atoms with van der Waals surface area (Å²) in [6, 6.07) is 24.3. The highest BCUT2D eigenvalue weighted by molar-refractivity contribution is 7.99. The summed E-state index contributed by atoms with van der Waals surface area (Å²) in [4.78, 5) is 0.232. The van der Waals surface area contributed by atoms with Crippen LogP contribution in [0.1, 0.15) is 5.56 Å². The van der Waals surface area contributed by atoms with Crippen molar-refractivity contribution in [3.63, 3.8) is 0 Å². The zero-order chi connectivity index (χ0) is 22.4. The van der Waals surface area contributed by atoms with E-state index in [1.165, 1.54) is 23.9 Å². The van der Waals surface area contributed by atoms with Crippen LogP contribution in [-0.4, -0.2) is 35.5 Å². The number of nitrogens with zero attached hydrogens (tertiary/aromatic N) is 3. The summed E-state index contributed by atoms with van der Waals surface area (Å²) in [5, 5.41) is 9.29. The lowest BCUT2D eigenvalue weighted by Gasteiger charge is -2.11. The zero-order valence-electron chi connectivity index (χ0n) is 17.1. The summed E-state index contributed by atoms with van der Waals surface area (Å²) >= 11 is 1.41. The number of halogens is 1. The molecule has 0 fully saturated rings. The van der Waals surface area contributed by atoms with Crippen molar-refractivity contribution in [3.05, 3.63) is 96.3 Å². The summed E-state index contributed by atoms with van der Waals surface area (Å²) < 4.78 is 42.7. The Bertz CT molecular complexity index is 1260. The number of nitrogens with one attached hydrogen (secondary N) is 1. The first kappa shape index (κ1) is 22.2. The van der Waals surface area contributed by atoms with Crippen molar-refractivity contribution in [3.8, 4) is 11.4 Å². The molecule has 4 aromatic rings. The zero-order valence-corrected chi connectivity index (χ0v) is 18.7. The predicted molar refractivity (Wildman–Crippen MR) is 123 cm³/mol. The van der Waals surface area contributed by atoms with E-state index < -0.39 is 10.0 Å². The van der Waals surface area contributed by atoms with Gasteiger partial charge in [-0.3, -0.25) is 4.57 Å². The second-order valence-corrected chi connectivity index (χ2v) is 9.77. The van der Waals surface area contributed by atoms with Crippen LogP contribution < -0.4 is 4.72 Å². The minimum atomic E-state index is -3.56. The van der Waals surface area contributed by atoms with E-state index in [9.17, 15) is 12.8 Å². The van der Waals surface area contributed by atoms with E-state index in [1.54, 1.807) is 42.5 Å². The molecule has 32 heavy (non-hydrogen) atoms. The fraction of sp³-hybridized carbons (Fsp3) is 0.130. The van der Waals surface area contributed by atoms with Crippen LogP contribution >= 0.6 is 11.8 Å². The second kappa shape index (κ2) is 10.1. The quantitative estimate of drug-likeness (QED) is 0.294. The molecule has 0 radical (unpaired) electrons. The number of aromatic nitrogens is 3. The van der Waals surface area contributed by atoms with Crippen molar-refractivity contribution < 1.29 is 12.8 Å². The minimum absolute atomic E-state index is 0.232. The molecule has 0 atom stereocenters. The van der Waals surface area contributed by atoms with Gasteiger partial charge in [-0.15, -0.1) is 10.2 Å². The van der Waals surface area contributed by atoms with E-state index >= 15 is 0 Å². The molecule has 0 aliphatic heterocycles. The first-order valence-electron chi connectivity index (χ1n) is 9.93. The van der Waals surface area contributed by atoms with Crippen LogP contribution in [0.2, 0.25) is 0 Å². The Balaban J connectivity index is 1.50. The molecule has 0 spiro atoms. The normalized spacial score (nSPS) is 11.5. The summed E-state index contributed by atoms with van der Waals surface area (Å²) in [7, 11) is -3.56. The van der Waals surface area contributed by atoms with Crippen LogP contribution in [0.25, 0.3) is 11.4 Å². The van der Waals surface area contributed by atoms with Crippen molar-refractivity contribution >= 4 is 21.8 Å². The largest absolute Gasteiger partial charge is 0.298 e. The van der Waals surface area contributed by atoms with Crippen LogP contribution in [0.15, 0.2) is 95.0 Å². The molecular weight excluding hydrogens is 447 g/mol. The van der Waals surface area contributed by atoms with Crippen LogP contribution in [0.4, 0.5) is 4.39 Å². The Morgan fingerprint density at radius 3 is 2.22 bits per heavy atom.